The molecule has 2 rings (SSSR count). The van der Waals surface area contributed by atoms with Crippen LogP contribution in [0.2, 0.25) is 0 Å². The molecule has 9 heteroatoms. The lowest BCUT2D eigenvalue weighted by Crippen LogP contribution is -2.67. The summed E-state index contributed by atoms with van der Waals surface area (Å²) in [6.07, 6.45) is 0.675. The summed E-state index contributed by atoms with van der Waals surface area (Å²) in [5.74, 6) is -1.39. The second kappa shape index (κ2) is 3.98. The molecule has 104 valence electrons. The number of carbonyl (C=O) groups is 1. The van der Waals surface area contributed by atoms with E-state index in [1.807, 2.05) is 0 Å². The number of hydrogen-bond acceptors (Lipinski definition) is 6. The molecule has 1 N–H and O–H groups in total. The molecule has 0 spiro atoms. The van der Waals surface area contributed by atoms with Gasteiger partial charge in [-0.25, -0.2) is 4.79 Å². The minimum Gasteiger partial charge on any atom is -0.478 e. The quantitative estimate of drug-likeness (QED) is 0.554. The summed E-state index contributed by atoms with van der Waals surface area (Å²) < 4.78 is 0. The molecule has 0 radical (unpaired) electrons. The number of piperidine rings is 1. The Bertz CT molecular complexity index is 503. The first kappa shape index (κ1) is 13.4. The second-order valence-electron chi connectivity index (χ2n) is 5.25. The van der Waals surface area contributed by atoms with Crippen molar-refractivity contribution >= 4 is 5.97 Å². The van der Waals surface area contributed by atoms with Gasteiger partial charge < -0.3 is 5.11 Å². The molecule has 1 saturated heterocycles. The SMILES string of the molecule is CN1C[C@@]2([N+](=O)[O-])CC=C(C(=O)O)[C@@]([N+](=O)[O-])(C1)C2. The van der Waals surface area contributed by atoms with Crippen LogP contribution in [0.5, 0.6) is 0 Å². The number of hydrogen-bond donors (Lipinski definition) is 1. The zero-order valence-electron chi connectivity index (χ0n) is 10.2. The van der Waals surface area contributed by atoms with Crippen molar-refractivity contribution in [3.05, 3.63) is 31.9 Å². The fraction of sp³-hybridized carbons (Fsp3) is 0.700. The molecule has 0 amide bonds. The number of rotatable bonds is 3. The molecule has 9 nitrogen and oxygen atoms in total. The Labute approximate surface area is 107 Å². The summed E-state index contributed by atoms with van der Waals surface area (Å²) >= 11 is 0. The van der Waals surface area contributed by atoms with Crippen molar-refractivity contribution in [2.75, 3.05) is 20.1 Å². The van der Waals surface area contributed by atoms with E-state index in [0.717, 1.165) is 6.08 Å². The van der Waals surface area contributed by atoms with Gasteiger partial charge in [0.15, 0.2) is 0 Å². The van der Waals surface area contributed by atoms with Gasteiger partial charge in [0.25, 0.3) is 5.54 Å². The number of carboxylic acid groups (broad SMARTS) is 1. The molecule has 2 atom stereocenters. The molecule has 0 aromatic heterocycles. The van der Waals surface area contributed by atoms with Crippen LogP contribution in [0, 0.1) is 20.2 Å². The molecule has 0 saturated carbocycles. The summed E-state index contributed by atoms with van der Waals surface area (Å²) in [6, 6.07) is 0. The van der Waals surface area contributed by atoms with Crippen molar-refractivity contribution in [3.63, 3.8) is 0 Å². The van der Waals surface area contributed by atoms with E-state index in [4.69, 9.17) is 5.11 Å². The third-order valence-electron chi connectivity index (χ3n) is 3.87. The highest BCUT2D eigenvalue weighted by Gasteiger charge is 2.66. The molecule has 2 aliphatic rings. The largest absolute Gasteiger partial charge is 0.478 e. The Balaban J connectivity index is 2.60. The van der Waals surface area contributed by atoms with Gasteiger partial charge in [0, 0.05) is 16.3 Å². The maximum Gasteiger partial charge on any atom is 0.338 e. The number of nitrogens with zero attached hydrogens (tertiary/aromatic N) is 3. The molecule has 1 heterocycles. The molecular weight excluding hydrogens is 258 g/mol. The highest BCUT2D eigenvalue weighted by molar-refractivity contribution is 5.89. The Morgan fingerprint density at radius 2 is 2.00 bits per heavy atom. The fourth-order valence-electron chi connectivity index (χ4n) is 3.16. The van der Waals surface area contributed by atoms with E-state index < -0.39 is 26.9 Å². The minimum absolute atomic E-state index is 0.0823. The number of nitro groups is 2. The molecule has 0 aromatic rings. The van der Waals surface area contributed by atoms with Gasteiger partial charge in [0.05, 0.1) is 19.5 Å². The normalized spacial score (nSPS) is 34.5. The number of fused-ring (bicyclic) bond motifs is 2. The smallest absolute Gasteiger partial charge is 0.338 e. The van der Waals surface area contributed by atoms with Crippen molar-refractivity contribution < 1.29 is 19.7 Å². The van der Waals surface area contributed by atoms with Gasteiger partial charge in [-0.2, -0.15) is 0 Å². The zero-order valence-corrected chi connectivity index (χ0v) is 10.2. The maximum atomic E-state index is 11.4. The molecule has 0 aromatic carbocycles. The van der Waals surface area contributed by atoms with Crippen molar-refractivity contribution in [1.82, 2.24) is 4.90 Å². The topological polar surface area (TPSA) is 127 Å². The first-order valence-corrected chi connectivity index (χ1v) is 5.65. The van der Waals surface area contributed by atoms with E-state index in [1.54, 1.807) is 0 Å². The van der Waals surface area contributed by atoms with Crippen LogP contribution in [0.3, 0.4) is 0 Å². The molecule has 2 bridgehead atoms. The lowest BCUT2D eigenvalue weighted by molar-refractivity contribution is -0.620. The van der Waals surface area contributed by atoms with E-state index in [9.17, 15) is 25.0 Å². The lowest BCUT2D eigenvalue weighted by Gasteiger charge is -2.44. The van der Waals surface area contributed by atoms with Gasteiger partial charge in [-0.15, -0.1) is 0 Å². The molecule has 0 unspecified atom stereocenters. The maximum absolute atomic E-state index is 11.4. The van der Waals surface area contributed by atoms with E-state index in [-0.39, 0.29) is 31.5 Å². The monoisotopic (exact) mass is 271 g/mol. The number of aliphatic carboxylic acids is 1. The first-order chi connectivity index (χ1) is 8.73. The van der Waals surface area contributed by atoms with Crippen molar-refractivity contribution in [2.45, 2.75) is 23.9 Å². The third kappa shape index (κ3) is 1.77. The van der Waals surface area contributed by atoms with Gasteiger partial charge in [0.1, 0.15) is 5.57 Å². The van der Waals surface area contributed by atoms with Crippen LogP contribution in [0.15, 0.2) is 11.6 Å². The standard InChI is InChI=1S/C10H13N3O6/c1-11-5-9(12(16)17)3-2-7(8(14)15)10(4-9,6-11)13(18)19/h2H,3-6H2,1H3,(H,14,15)/t9-,10+/m1/s1. The predicted molar refractivity (Wildman–Crippen MR) is 61.9 cm³/mol. The summed E-state index contributed by atoms with van der Waals surface area (Å²) in [5, 5.41) is 31.7. The second-order valence-corrected chi connectivity index (χ2v) is 5.25. The number of likely N-dealkylation sites (N-methyl/N-ethyl adjacent to an activating group) is 1. The van der Waals surface area contributed by atoms with Crippen LogP contribution in [-0.2, 0) is 4.79 Å². The van der Waals surface area contributed by atoms with Gasteiger partial charge in [-0.3, -0.25) is 25.1 Å². The van der Waals surface area contributed by atoms with Gasteiger partial charge >= 0.3 is 5.97 Å². The van der Waals surface area contributed by atoms with Gasteiger partial charge in [-0.05, 0) is 7.05 Å². The van der Waals surface area contributed by atoms with Crippen LogP contribution in [-0.4, -0.2) is 57.0 Å². The number of carboxylic acids is 1. The zero-order chi connectivity index (χ0) is 14.4. The molecule has 1 aliphatic heterocycles. The van der Waals surface area contributed by atoms with Crippen LogP contribution in [0.4, 0.5) is 0 Å². The molecule has 1 fully saturated rings. The molecular formula is C10H13N3O6. The average Bonchev–Trinajstić information content (AvgIpc) is 2.27. The molecule has 1 aliphatic carbocycles. The summed E-state index contributed by atoms with van der Waals surface area (Å²) in [6.45, 7) is -0.0489. The summed E-state index contributed by atoms with van der Waals surface area (Å²) in [5.41, 5.74) is -3.72. The van der Waals surface area contributed by atoms with Gasteiger partial charge in [0.2, 0.25) is 5.54 Å². The average molecular weight is 271 g/mol. The number of likely N-dealkylation sites (tertiary alicyclic amines) is 1. The minimum atomic E-state index is -1.90. The molecule has 19 heavy (non-hydrogen) atoms. The van der Waals surface area contributed by atoms with Crippen LogP contribution in [0.25, 0.3) is 0 Å². The van der Waals surface area contributed by atoms with Crippen LogP contribution < -0.4 is 0 Å². The highest BCUT2D eigenvalue weighted by Crippen LogP contribution is 2.43. The predicted octanol–water partition coefficient (Wildman–Crippen LogP) is -0.232. The Morgan fingerprint density at radius 1 is 1.37 bits per heavy atom. The van der Waals surface area contributed by atoms with Crippen molar-refractivity contribution in [1.29, 1.82) is 0 Å². The Hall–Kier alpha value is -2.03. The first-order valence-electron chi connectivity index (χ1n) is 5.65. The van der Waals surface area contributed by atoms with Crippen LogP contribution >= 0.6 is 0 Å². The third-order valence-corrected chi connectivity index (χ3v) is 3.87. The van der Waals surface area contributed by atoms with Crippen molar-refractivity contribution in [3.8, 4) is 0 Å². The fourth-order valence-corrected chi connectivity index (χ4v) is 3.16. The van der Waals surface area contributed by atoms with E-state index >= 15 is 0 Å². The lowest BCUT2D eigenvalue weighted by atomic mass is 9.68. The Morgan fingerprint density at radius 3 is 2.47 bits per heavy atom. The summed E-state index contributed by atoms with van der Waals surface area (Å²) in [4.78, 5) is 34.1. The van der Waals surface area contributed by atoms with Crippen molar-refractivity contribution in [2.24, 2.45) is 0 Å². The van der Waals surface area contributed by atoms with E-state index in [2.05, 4.69) is 0 Å². The van der Waals surface area contributed by atoms with Gasteiger partial charge in [-0.1, -0.05) is 6.08 Å². The van der Waals surface area contributed by atoms with Crippen LogP contribution in [0.1, 0.15) is 12.8 Å². The highest BCUT2D eigenvalue weighted by atomic mass is 16.6. The summed E-state index contributed by atoms with van der Waals surface area (Å²) in [7, 11) is 1.53. The van der Waals surface area contributed by atoms with E-state index in [0.29, 0.717) is 0 Å². The Kier molecular flexibility index (Phi) is 2.81. The van der Waals surface area contributed by atoms with E-state index in [1.165, 1.54) is 11.9 Å².